The van der Waals surface area contributed by atoms with Crippen LogP contribution in [0, 0.1) is 5.82 Å². The van der Waals surface area contributed by atoms with Crippen molar-refractivity contribution in [3.63, 3.8) is 0 Å². The van der Waals surface area contributed by atoms with Gasteiger partial charge < -0.3 is 14.8 Å². The van der Waals surface area contributed by atoms with Gasteiger partial charge in [-0.05, 0) is 24.3 Å². The molecule has 1 fully saturated rings. The van der Waals surface area contributed by atoms with Crippen LogP contribution in [0.25, 0.3) is 0 Å². The number of hydrogen-bond donors (Lipinski definition) is 1. The van der Waals surface area contributed by atoms with Crippen LogP contribution in [0.3, 0.4) is 0 Å². The number of amidine groups is 1. The predicted octanol–water partition coefficient (Wildman–Crippen LogP) is 3.62. The first-order chi connectivity index (χ1) is 13.1. The molecule has 0 unspecified atom stereocenters. The first kappa shape index (κ1) is 19.2. The maximum Gasteiger partial charge on any atom is 0.236 e. The zero-order valence-corrected chi connectivity index (χ0v) is 15.8. The number of rotatable bonds is 6. The summed E-state index contributed by atoms with van der Waals surface area (Å²) in [4.78, 5) is 11.2. The molecule has 1 saturated heterocycles. The monoisotopic (exact) mass is 407 g/mol. The summed E-state index contributed by atoms with van der Waals surface area (Å²) in [7, 11) is 1.53. The molecule has 2 aromatic carbocycles. The van der Waals surface area contributed by atoms with Crippen molar-refractivity contribution in [2.45, 2.75) is 6.61 Å². The Balaban J connectivity index is 1.79. The Morgan fingerprint density at radius 1 is 1.37 bits per heavy atom. The molecule has 0 spiro atoms. The first-order valence-electron chi connectivity index (χ1n) is 7.84. The molecular weight excluding hydrogens is 393 g/mol. The standard InChI is InChI=1S/C18H15ClFN3O3S/c1-25-15-4-2-3-11(8-21-23-18-22-16(24)10-27-18)17(15)26-9-12-5-6-13(20)7-14(12)19/h2-8H,9-10H2,1H3,(H,22,23,24). The number of nitrogens with zero attached hydrogens (tertiary/aromatic N) is 2. The van der Waals surface area contributed by atoms with Crippen LogP contribution in [0.5, 0.6) is 11.5 Å². The maximum absolute atomic E-state index is 13.2. The third-order valence-corrected chi connectivity index (χ3v) is 4.76. The molecule has 0 aliphatic carbocycles. The van der Waals surface area contributed by atoms with Gasteiger partial charge in [0, 0.05) is 11.1 Å². The first-order valence-corrected chi connectivity index (χ1v) is 9.20. The van der Waals surface area contributed by atoms with Crippen molar-refractivity contribution in [2.24, 2.45) is 10.2 Å². The number of nitrogens with one attached hydrogen (secondary N) is 1. The summed E-state index contributed by atoms with van der Waals surface area (Å²) >= 11 is 7.33. The Bertz CT molecular complexity index is 921. The number of para-hydroxylation sites is 1. The second-order valence-electron chi connectivity index (χ2n) is 5.39. The van der Waals surface area contributed by atoms with E-state index in [1.165, 1.54) is 37.2 Å². The van der Waals surface area contributed by atoms with E-state index in [9.17, 15) is 9.18 Å². The molecule has 0 radical (unpaired) electrons. The maximum atomic E-state index is 13.2. The van der Waals surface area contributed by atoms with Gasteiger partial charge in [-0.3, -0.25) is 4.79 Å². The molecular formula is C18H15ClFN3O3S. The summed E-state index contributed by atoms with van der Waals surface area (Å²) in [5.41, 5.74) is 1.27. The van der Waals surface area contributed by atoms with Crippen molar-refractivity contribution >= 4 is 40.7 Å². The third kappa shape index (κ3) is 4.99. The lowest BCUT2D eigenvalue weighted by Gasteiger charge is -2.13. The van der Waals surface area contributed by atoms with Gasteiger partial charge in [0.05, 0.1) is 24.1 Å². The molecule has 9 heteroatoms. The number of hydrogen-bond acceptors (Lipinski definition) is 6. The lowest BCUT2D eigenvalue weighted by Crippen LogP contribution is -2.19. The van der Waals surface area contributed by atoms with Crippen LogP contribution in [-0.4, -0.2) is 30.2 Å². The van der Waals surface area contributed by atoms with Crippen molar-refractivity contribution in [1.29, 1.82) is 0 Å². The molecule has 6 nitrogen and oxygen atoms in total. The van der Waals surface area contributed by atoms with Crippen molar-refractivity contribution < 1.29 is 18.7 Å². The van der Waals surface area contributed by atoms with Gasteiger partial charge in [-0.25, -0.2) is 4.39 Å². The molecule has 0 saturated carbocycles. The minimum atomic E-state index is -0.412. The van der Waals surface area contributed by atoms with E-state index in [2.05, 4.69) is 15.5 Å². The van der Waals surface area contributed by atoms with Crippen LogP contribution in [0.4, 0.5) is 4.39 Å². The van der Waals surface area contributed by atoms with Crippen molar-refractivity contribution in [3.8, 4) is 11.5 Å². The zero-order valence-electron chi connectivity index (χ0n) is 14.2. The van der Waals surface area contributed by atoms with E-state index in [1.807, 2.05) is 0 Å². The number of benzene rings is 2. The van der Waals surface area contributed by atoms with Crippen LogP contribution in [0.2, 0.25) is 5.02 Å². The van der Waals surface area contributed by atoms with Crippen LogP contribution < -0.4 is 14.8 Å². The smallest absolute Gasteiger partial charge is 0.236 e. The molecule has 1 aliphatic heterocycles. The Labute approximate surface area is 164 Å². The molecule has 0 atom stereocenters. The number of ether oxygens (including phenoxy) is 2. The van der Waals surface area contributed by atoms with Gasteiger partial charge in [0.15, 0.2) is 16.7 Å². The highest BCUT2D eigenvalue weighted by Gasteiger charge is 2.16. The minimum absolute atomic E-state index is 0.101. The fraction of sp³-hybridized carbons (Fsp3) is 0.167. The second kappa shape index (κ2) is 8.88. The fourth-order valence-corrected chi connectivity index (χ4v) is 3.11. The van der Waals surface area contributed by atoms with Crippen molar-refractivity contribution in [2.75, 3.05) is 12.9 Å². The summed E-state index contributed by atoms with van der Waals surface area (Å²) in [5.74, 6) is 0.779. The van der Waals surface area contributed by atoms with E-state index in [4.69, 9.17) is 21.1 Å². The van der Waals surface area contributed by atoms with E-state index >= 15 is 0 Å². The average Bonchev–Trinajstić information content (AvgIpc) is 3.06. The quantitative estimate of drug-likeness (QED) is 0.586. The Morgan fingerprint density at radius 2 is 2.22 bits per heavy atom. The normalized spacial score (nSPS) is 15.4. The number of carbonyl (C=O) groups is 1. The zero-order chi connectivity index (χ0) is 19.2. The number of carbonyl (C=O) groups excluding carboxylic acids is 1. The third-order valence-electron chi connectivity index (χ3n) is 3.55. The minimum Gasteiger partial charge on any atom is -0.493 e. The van der Waals surface area contributed by atoms with E-state index in [0.29, 0.717) is 33.5 Å². The number of thioether (sulfide) groups is 1. The Hall–Kier alpha value is -2.58. The SMILES string of the molecule is COc1cccc(C=NN=C2NC(=O)CS2)c1OCc1ccc(F)cc1Cl. The van der Waals surface area contributed by atoms with E-state index < -0.39 is 5.82 Å². The van der Waals surface area contributed by atoms with Gasteiger partial charge in [0.1, 0.15) is 12.4 Å². The van der Waals surface area contributed by atoms with Gasteiger partial charge in [-0.1, -0.05) is 35.5 Å². The number of amides is 1. The highest BCUT2D eigenvalue weighted by molar-refractivity contribution is 8.15. The summed E-state index contributed by atoms with van der Waals surface area (Å²) < 4.78 is 24.4. The van der Waals surface area contributed by atoms with Crippen LogP contribution in [0.1, 0.15) is 11.1 Å². The second-order valence-corrected chi connectivity index (χ2v) is 6.76. The fourth-order valence-electron chi connectivity index (χ4n) is 2.26. The van der Waals surface area contributed by atoms with Gasteiger partial charge >= 0.3 is 0 Å². The van der Waals surface area contributed by atoms with Gasteiger partial charge in [-0.15, -0.1) is 5.10 Å². The highest BCUT2D eigenvalue weighted by atomic mass is 35.5. The van der Waals surface area contributed by atoms with Crippen molar-refractivity contribution in [3.05, 3.63) is 58.4 Å². The average molecular weight is 408 g/mol. The molecule has 1 heterocycles. The Kier molecular flexibility index (Phi) is 6.31. The molecule has 0 aromatic heterocycles. The molecule has 3 rings (SSSR count). The summed E-state index contributed by atoms with van der Waals surface area (Å²) in [5, 5.41) is 11.3. The largest absolute Gasteiger partial charge is 0.493 e. The molecule has 27 heavy (non-hydrogen) atoms. The van der Waals surface area contributed by atoms with Gasteiger partial charge in [0.2, 0.25) is 5.91 Å². The van der Waals surface area contributed by atoms with E-state index in [0.717, 1.165) is 0 Å². The molecule has 0 bridgehead atoms. The topological polar surface area (TPSA) is 72.3 Å². The Morgan fingerprint density at radius 3 is 2.93 bits per heavy atom. The van der Waals surface area contributed by atoms with E-state index in [-0.39, 0.29) is 17.5 Å². The number of halogens is 2. The molecule has 1 aliphatic rings. The predicted molar refractivity (Wildman–Crippen MR) is 104 cm³/mol. The van der Waals surface area contributed by atoms with Crippen LogP contribution in [-0.2, 0) is 11.4 Å². The van der Waals surface area contributed by atoms with Crippen LogP contribution in [0.15, 0.2) is 46.6 Å². The van der Waals surface area contributed by atoms with Gasteiger partial charge in [0.25, 0.3) is 0 Å². The van der Waals surface area contributed by atoms with Crippen LogP contribution >= 0.6 is 23.4 Å². The molecule has 2 aromatic rings. The highest BCUT2D eigenvalue weighted by Crippen LogP contribution is 2.31. The number of methoxy groups -OCH3 is 1. The molecule has 1 amide bonds. The lowest BCUT2D eigenvalue weighted by atomic mass is 10.2. The van der Waals surface area contributed by atoms with Crippen molar-refractivity contribution in [1.82, 2.24) is 5.32 Å². The van der Waals surface area contributed by atoms with Gasteiger partial charge in [-0.2, -0.15) is 5.10 Å². The summed E-state index contributed by atoms with van der Waals surface area (Å²) in [6, 6.07) is 9.43. The molecule has 1 N–H and O–H groups in total. The van der Waals surface area contributed by atoms with E-state index in [1.54, 1.807) is 24.3 Å². The summed E-state index contributed by atoms with van der Waals surface area (Å²) in [6.07, 6.45) is 1.50. The summed E-state index contributed by atoms with van der Waals surface area (Å²) in [6.45, 7) is 0.126. The lowest BCUT2D eigenvalue weighted by molar-refractivity contribution is -0.116. The molecule has 140 valence electrons.